The number of ether oxygens (including phenoxy) is 1. The maximum absolute atomic E-state index is 5.03. The zero-order valence-corrected chi connectivity index (χ0v) is 13.2. The van der Waals surface area contributed by atoms with E-state index in [-0.39, 0.29) is 0 Å². The van der Waals surface area contributed by atoms with Gasteiger partial charge in [-0.15, -0.1) is 0 Å². The summed E-state index contributed by atoms with van der Waals surface area (Å²) in [5, 5.41) is 0. The summed E-state index contributed by atoms with van der Waals surface area (Å²) >= 11 is 0. The quantitative estimate of drug-likeness (QED) is 0.274. The van der Waals surface area contributed by atoms with Crippen LogP contribution in [0.25, 0.3) is 0 Å². The molecule has 0 radical (unpaired) electrons. The SMILES string of the molecule is CCCCCCCC=CC=CCCCCCCOC. The Labute approximate surface area is 121 Å². The average molecular weight is 266 g/mol. The molecule has 0 aliphatic heterocycles. The van der Waals surface area contributed by atoms with E-state index in [2.05, 4.69) is 31.2 Å². The number of methoxy groups -OCH3 is 1. The van der Waals surface area contributed by atoms with Crippen molar-refractivity contribution in [3.05, 3.63) is 24.3 Å². The highest BCUT2D eigenvalue weighted by atomic mass is 16.5. The van der Waals surface area contributed by atoms with Gasteiger partial charge >= 0.3 is 0 Å². The number of unbranched alkanes of at least 4 members (excludes halogenated alkanes) is 9. The Bertz CT molecular complexity index is 206. The minimum absolute atomic E-state index is 0.914. The van der Waals surface area contributed by atoms with Crippen LogP contribution in [0.2, 0.25) is 0 Å². The fourth-order valence-electron chi connectivity index (χ4n) is 2.08. The van der Waals surface area contributed by atoms with Crippen LogP contribution in [0.15, 0.2) is 24.3 Å². The first-order valence-corrected chi connectivity index (χ1v) is 8.22. The van der Waals surface area contributed by atoms with Gasteiger partial charge in [0.05, 0.1) is 0 Å². The molecule has 0 heterocycles. The summed E-state index contributed by atoms with van der Waals surface area (Å²) in [6.07, 6.45) is 23.5. The Morgan fingerprint density at radius 3 is 1.74 bits per heavy atom. The molecule has 0 unspecified atom stereocenters. The summed E-state index contributed by atoms with van der Waals surface area (Å²) in [6, 6.07) is 0. The van der Waals surface area contributed by atoms with Crippen LogP contribution in [0.1, 0.15) is 77.6 Å². The number of rotatable bonds is 14. The molecule has 0 bridgehead atoms. The average Bonchev–Trinajstić information content (AvgIpc) is 2.43. The van der Waals surface area contributed by atoms with Gasteiger partial charge in [-0.05, 0) is 32.1 Å². The van der Waals surface area contributed by atoms with E-state index in [0.717, 1.165) is 6.61 Å². The summed E-state index contributed by atoms with van der Waals surface area (Å²) in [6.45, 7) is 3.18. The molecular formula is C18H34O. The van der Waals surface area contributed by atoms with Crippen molar-refractivity contribution in [2.75, 3.05) is 13.7 Å². The van der Waals surface area contributed by atoms with E-state index >= 15 is 0 Å². The lowest BCUT2D eigenvalue weighted by molar-refractivity contribution is 0.192. The number of allylic oxidation sites excluding steroid dienone is 4. The van der Waals surface area contributed by atoms with Gasteiger partial charge in [-0.3, -0.25) is 0 Å². The maximum atomic E-state index is 5.03. The molecule has 0 aromatic carbocycles. The molecule has 112 valence electrons. The van der Waals surface area contributed by atoms with Gasteiger partial charge in [-0.2, -0.15) is 0 Å². The maximum Gasteiger partial charge on any atom is 0.0462 e. The summed E-state index contributed by atoms with van der Waals surface area (Å²) in [7, 11) is 1.78. The molecule has 0 saturated carbocycles. The van der Waals surface area contributed by atoms with E-state index in [4.69, 9.17) is 4.74 Å². The van der Waals surface area contributed by atoms with Crippen molar-refractivity contribution in [2.45, 2.75) is 77.6 Å². The molecule has 0 atom stereocenters. The van der Waals surface area contributed by atoms with E-state index in [1.54, 1.807) is 7.11 Å². The van der Waals surface area contributed by atoms with Crippen molar-refractivity contribution >= 4 is 0 Å². The summed E-state index contributed by atoms with van der Waals surface area (Å²) in [5.41, 5.74) is 0. The lowest BCUT2D eigenvalue weighted by Gasteiger charge is -1.98. The van der Waals surface area contributed by atoms with Crippen molar-refractivity contribution < 1.29 is 4.74 Å². The predicted octanol–water partition coefficient (Wildman–Crippen LogP) is 6.06. The Hall–Kier alpha value is -0.560. The van der Waals surface area contributed by atoms with Crippen LogP contribution >= 0.6 is 0 Å². The van der Waals surface area contributed by atoms with Crippen LogP contribution in [0.3, 0.4) is 0 Å². The molecular weight excluding hydrogens is 232 g/mol. The van der Waals surface area contributed by atoms with Gasteiger partial charge in [0.25, 0.3) is 0 Å². The third-order valence-electron chi connectivity index (χ3n) is 3.33. The highest BCUT2D eigenvalue weighted by Crippen LogP contribution is 2.06. The zero-order chi connectivity index (χ0) is 14.0. The minimum atomic E-state index is 0.914. The fraction of sp³-hybridized carbons (Fsp3) is 0.778. The second kappa shape index (κ2) is 17.4. The zero-order valence-electron chi connectivity index (χ0n) is 13.2. The third kappa shape index (κ3) is 17.4. The summed E-state index contributed by atoms with van der Waals surface area (Å²) in [5.74, 6) is 0. The van der Waals surface area contributed by atoms with Gasteiger partial charge in [-0.25, -0.2) is 0 Å². The molecule has 0 aliphatic carbocycles. The Kier molecular flexibility index (Phi) is 16.9. The van der Waals surface area contributed by atoms with Gasteiger partial charge in [0.1, 0.15) is 0 Å². The van der Waals surface area contributed by atoms with Crippen LogP contribution in [-0.2, 0) is 4.74 Å². The predicted molar refractivity (Wildman–Crippen MR) is 86.6 cm³/mol. The molecule has 0 aromatic heterocycles. The third-order valence-corrected chi connectivity index (χ3v) is 3.33. The van der Waals surface area contributed by atoms with E-state index < -0.39 is 0 Å². The Morgan fingerprint density at radius 1 is 0.684 bits per heavy atom. The molecule has 0 N–H and O–H groups in total. The van der Waals surface area contributed by atoms with Gasteiger partial charge in [-0.1, -0.05) is 69.8 Å². The monoisotopic (exact) mass is 266 g/mol. The van der Waals surface area contributed by atoms with Crippen LogP contribution in [-0.4, -0.2) is 13.7 Å². The molecule has 0 aliphatic rings. The Balaban J connectivity index is 3.15. The van der Waals surface area contributed by atoms with Crippen molar-refractivity contribution in [3.63, 3.8) is 0 Å². The van der Waals surface area contributed by atoms with Gasteiger partial charge in [0.2, 0.25) is 0 Å². The lowest BCUT2D eigenvalue weighted by atomic mass is 10.1. The van der Waals surface area contributed by atoms with Crippen molar-refractivity contribution in [3.8, 4) is 0 Å². The molecule has 19 heavy (non-hydrogen) atoms. The Morgan fingerprint density at radius 2 is 1.21 bits per heavy atom. The number of hydrogen-bond acceptors (Lipinski definition) is 1. The summed E-state index contributed by atoms with van der Waals surface area (Å²) < 4.78 is 5.03. The molecule has 1 nitrogen and oxygen atoms in total. The largest absolute Gasteiger partial charge is 0.385 e. The topological polar surface area (TPSA) is 9.23 Å². The van der Waals surface area contributed by atoms with Crippen molar-refractivity contribution in [1.29, 1.82) is 0 Å². The van der Waals surface area contributed by atoms with Crippen LogP contribution in [0.5, 0.6) is 0 Å². The normalized spacial score (nSPS) is 11.9. The highest BCUT2D eigenvalue weighted by Gasteiger charge is 1.88. The molecule has 0 fully saturated rings. The minimum Gasteiger partial charge on any atom is -0.385 e. The van der Waals surface area contributed by atoms with Crippen molar-refractivity contribution in [1.82, 2.24) is 0 Å². The van der Waals surface area contributed by atoms with Crippen molar-refractivity contribution in [2.24, 2.45) is 0 Å². The first kappa shape index (κ1) is 18.4. The van der Waals surface area contributed by atoms with Crippen LogP contribution in [0.4, 0.5) is 0 Å². The van der Waals surface area contributed by atoms with E-state index in [1.807, 2.05) is 0 Å². The molecule has 0 saturated heterocycles. The van der Waals surface area contributed by atoms with Gasteiger partial charge < -0.3 is 4.74 Å². The standard InChI is InChI=1S/C18H34O/c1-3-4-5-6-7-8-9-10-11-12-13-14-15-16-17-18-19-2/h9-12H,3-8,13-18H2,1-2H3. The van der Waals surface area contributed by atoms with Crippen LogP contribution in [0, 0.1) is 0 Å². The molecule has 0 amide bonds. The molecule has 1 heteroatoms. The first-order chi connectivity index (χ1) is 9.41. The smallest absolute Gasteiger partial charge is 0.0462 e. The van der Waals surface area contributed by atoms with E-state index in [1.165, 1.54) is 70.6 Å². The molecule has 0 aromatic rings. The molecule has 0 rings (SSSR count). The second-order valence-electron chi connectivity index (χ2n) is 5.25. The number of hydrogen-bond donors (Lipinski definition) is 0. The second-order valence-corrected chi connectivity index (χ2v) is 5.25. The van der Waals surface area contributed by atoms with Crippen LogP contribution < -0.4 is 0 Å². The van der Waals surface area contributed by atoms with Gasteiger partial charge in [0, 0.05) is 13.7 Å². The lowest BCUT2D eigenvalue weighted by Crippen LogP contribution is -1.87. The summed E-state index contributed by atoms with van der Waals surface area (Å²) in [4.78, 5) is 0. The first-order valence-electron chi connectivity index (χ1n) is 8.22. The highest BCUT2D eigenvalue weighted by molar-refractivity contribution is 5.02. The van der Waals surface area contributed by atoms with Gasteiger partial charge in [0.15, 0.2) is 0 Å². The molecule has 0 spiro atoms. The fourth-order valence-corrected chi connectivity index (χ4v) is 2.08. The van der Waals surface area contributed by atoms with E-state index in [0.29, 0.717) is 0 Å². The van der Waals surface area contributed by atoms with E-state index in [9.17, 15) is 0 Å².